The van der Waals surface area contributed by atoms with Crippen LogP contribution < -0.4 is 0 Å². The third-order valence-electron chi connectivity index (χ3n) is 8.95. The molecule has 1 amide bonds. The van der Waals surface area contributed by atoms with Gasteiger partial charge in [0.1, 0.15) is 0 Å². The number of ketones is 1. The summed E-state index contributed by atoms with van der Waals surface area (Å²) in [4.78, 5) is 40.6. The van der Waals surface area contributed by atoms with E-state index in [2.05, 4.69) is 9.88 Å². The van der Waals surface area contributed by atoms with Crippen LogP contribution in [0.2, 0.25) is 10.0 Å². The van der Waals surface area contributed by atoms with Gasteiger partial charge in [-0.3, -0.25) is 14.6 Å². The van der Waals surface area contributed by atoms with Crippen LogP contribution in [0.3, 0.4) is 0 Å². The maximum atomic E-state index is 13.9. The molecule has 7 nitrogen and oxygen atoms in total. The number of pyridine rings is 1. The highest BCUT2D eigenvalue weighted by Crippen LogP contribution is 2.30. The minimum absolute atomic E-state index is 0.0148. The van der Waals surface area contributed by atoms with Gasteiger partial charge < -0.3 is 14.4 Å². The zero-order chi connectivity index (χ0) is 32.0. The number of carbonyl (C=O) groups excluding carboxylic acids is 2. The fraction of sp³-hybridized carbons (Fsp3) is 0.297. The second-order valence-corrected chi connectivity index (χ2v) is 12.8. The molecular formula is C37H37Cl2N5O2. The highest BCUT2D eigenvalue weighted by Gasteiger charge is 2.30. The van der Waals surface area contributed by atoms with Crippen molar-refractivity contribution in [1.29, 1.82) is 0 Å². The van der Waals surface area contributed by atoms with Crippen molar-refractivity contribution < 1.29 is 9.59 Å². The van der Waals surface area contributed by atoms with Crippen LogP contribution >= 0.6 is 23.2 Å². The second kappa shape index (κ2) is 14.6. The second-order valence-electron chi connectivity index (χ2n) is 12.0. The van der Waals surface area contributed by atoms with Gasteiger partial charge in [-0.2, -0.15) is 0 Å². The number of piperidine rings is 1. The third kappa shape index (κ3) is 7.33. The molecule has 0 unspecified atom stereocenters. The molecule has 6 rings (SSSR count). The number of fused-ring (bicyclic) bond motifs is 1. The largest absolute Gasteiger partial charge is 0.341 e. The van der Waals surface area contributed by atoms with Crippen LogP contribution in [0.25, 0.3) is 11.0 Å². The summed E-state index contributed by atoms with van der Waals surface area (Å²) in [5.74, 6) is 0.575. The van der Waals surface area contributed by atoms with Crippen molar-refractivity contribution in [2.45, 2.75) is 31.7 Å². The number of carbonyl (C=O) groups is 2. The van der Waals surface area contributed by atoms with E-state index in [1.165, 1.54) is 0 Å². The normalized spacial score (nSPS) is 14.8. The molecule has 3 aromatic carbocycles. The van der Waals surface area contributed by atoms with E-state index in [0.717, 1.165) is 61.2 Å². The van der Waals surface area contributed by atoms with E-state index in [-0.39, 0.29) is 23.5 Å². The Kier molecular flexibility index (Phi) is 10.1. The number of imidazole rings is 1. The Hall–Kier alpha value is -4.04. The van der Waals surface area contributed by atoms with Crippen LogP contribution in [0.5, 0.6) is 0 Å². The van der Waals surface area contributed by atoms with E-state index in [1.54, 1.807) is 11.1 Å². The van der Waals surface area contributed by atoms with E-state index in [1.807, 2.05) is 103 Å². The lowest BCUT2D eigenvalue weighted by Crippen LogP contribution is -2.38. The maximum absolute atomic E-state index is 13.9. The fourth-order valence-electron chi connectivity index (χ4n) is 6.36. The summed E-state index contributed by atoms with van der Waals surface area (Å²) in [6.07, 6.45) is 4.16. The molecule has 0 radical (unpaired) electrons. The third-order valence-corrected chi connectivity index (χ3v) is 9.69. The number of Topliss-reactive ketones (excluding diaryl/α,β-unsaturated/α-hetero) is 1. The summed E-state index contributed by atoms with van der Waals surface area (Å²) in [6.45, 7) is 3.54. The van der Waals surface area contributed by atoms with Gasteiger partial charge in [-0.05, 0) is 93.0 Å². The van der Waals surface area contributed by atoms with Crippen LogP contribution in [0.1, 0.15) is 57.4 Å². The topological polar surface area (TPSA) is 71.3 Å². The lowest BCUT2D eigenvalue weighted by atomic mass is 9.90. The molecule has 5 aromatic rings. The Morgan fingerprint density at radius 3 is 2.39 bits per heavy atom. The minimum atomic E-state index is -0.0870. The molecule has 0 aliphatic carbocycles. The number of halogens is 2. The van der Waals surface area contributed by atoms with E-state index in [9.17, 15) is 9.59 Å². The summed E-state index contributed by atoms with van der Waals surface area (Å²) in [6, 6.07) is 28.8. The number of nitrogens with zero attached hydrogens (tertiary/aromatic N) is 5. The van der Waals surface area contributed by atoms with Crippen LogP contribution in [-0.2, 0) is 6.54 Å². The van der Waals surface area contributed by atoms with Gasteiger partial charge in [-0.1, -0.05) is 65.7 Å². The maximum Gasteiger partial charge on any atom is 0.253 e. The minimum Gasteiger partial charge on any atom is -0.341 e. The summed E-state index contributed by atoms with van der Waals surface area (Å²) in [7, 11) is 1.85. The van der Waals surface area contributed by atoms with Crippen molar-refractivity contribution in [3.63, 3.8) is 0 Å². The zero-order valence-corrected chi connectivity index (χ0v) is 27.4. The average molecular weight is 655 g/mol. The molecule has 46 heavy (non-hydrogen) atoms. The number of amides is 1. The highest BCUT2D eigenvalue weighted by atomic mass is 35.5. The van der Waals surface area contributed by atoms with E-state index < -0.39 is 0 Å². The molecule has 0 spiro atoms. The van der Waals surface area contributed by atoms with Gasteiger partial charge in [0.25, 0.3) is 5.91 Å². The first-order chi connectivity index (χ1) is 22.4. The van der Waals surface area contributed by atoms with E-state index >= 15 is 0 Å². The number of likely N-dealkylation sites (tertiary alicyclic amines) is 1. The number of hydrogen-bond acceptors (Lipinski definition) is 5. The quantitative estimate of drug-likeness (QED) is 0.137. The smallest absolute Gasteiger partial charge is 0.253 e. The first-order valence-electron chi connectivity index (χ1n) is 15.7. The Morgan fingerprint density at radius 2 is 1.65 bits per heavy atom. The molecular weight excluding hydrogens is 617 g/mol. The number of likely N-dealkylation sites (N-methyl/N-ethyl adjacent to an activating group) is 1. The van der Waals surface area contributed by atoms with Crippen LogP contribution in [0.4, 0.5) is 0 Å². The lowest BCUT2D eigenvalue weighted by molar-refractivity contribution is 0.0779. The van der Waals surface area contributed by atoms with Gasteiger partial charge in [0.05, 0.1) is 33.3 Å². The monoisotopic (exact) mass is 653 g/mol. The van der Waals surface area contributed by atoms with Gasteiger partial charge in [0.2, 0.25) is 5.78 Å². The van der Waals surface area contributed by atoms with Crippen molar-refractivity contribution in [2.75, 3.05) is 33.2 Å². The number of aromatic nitrogens is 3. The van der Waals surface area contributed by atoms with Crippen molar-refractivity contribution in [3.8, 4) is 0 Å². The Balaban J connectivity index is 1.12. The lowest BCUT2D eigenvalue weighted by Gasteiger charge is -2.33. The standard InChI is InChI=1S/C37H37Cl2N5O2/c1-42(37(46)27-9-3-2-4-10-27)24-29(28-14-15-31(38)32(39)23-28)18-22-43-20-16-26(17-21-43)35(45)36-41-33-12-5-6-13-34(33)44(36)25-30-11-7-8-19-40-30/h2-15,19,23,26,29H,16-18,20-22,24-25H2,1H3/t29-/m0/s1. The number of hydrogen-bond donors (Lipinski definition) is 0. The van der Waals surface area contributed by atoms with Gasteiger partial charge in [-0.25, -0.2) is 4.98 Å². The Bertz CT molecular complexity index is 1800. The van der Waals surface area contributed by atoms with E-state index in [0.29, 0.717) is 34.5 Å². The zero-order valence-electron chi connectivity index (χ0n) is 25.9. The number of benzene rings is 3. The number of rotatable bonds is 11. The van der Waals surface area contributed by atoms with Crippen LogP contribution in [0, 0.1) is 5.92 Å². The molecule has 1 aliphatic heterocycles. The predicted octanol–water partition coefficient (Wildman–Crippen LogP) is 7.63. The van der Waals surface area contributed by atoms with Crippen molar-refractivity contribution in [3.05, 3.63) is 130 Å². The summed E-state index contributed by atoms with van der Waals surface area (Å²) in [5.41, 5.74) is 4.38. The van der Waals surface area contributed by atoms with Crippen molar-refractivity contribution >= 4 is 45.9 Å². The van der Waals surface area contributed by atoms with Gasteiger partial charge in [0, 0.05) is 37.2 Å². The highest BCUT2D eigenvalue weighted by molar-refractivity contribution is 6.42. The molecule has 0 saturated carbocycles. The molecule has 1 fully saturated rings. The van der Waals surface area contributed by atoms with Gasteiger partial charge in [0.15, 0.2) is 5.82 Å². The molecule has 0 N–H and O–H groups in total. The fourth-order valence-corrected chi connectivity index (χ4v) is 6.67. The molecule has 2 aromatic heterocycles. The van der Waals surface area contributed by atoms with E-state index in [4.69, 9.17) is 28.2 Å². The molecule has 9 heteroatoms. The molecule has 0 bridgehead atoms. The summed E-state index contributed by atoms with van der Waals surface area (Å²) < 4.78 is 2.02. The first-order valence-corrected chi connectivity index (χ1v) is 16.5. The van der Waals surface area contributed by atoms with Crippen LogP contribution in [0.15, 0.2) is 97.2 Å². The molecule has 3 heterocycles. The number of para-hydroxylation sites is 2. The molecule has 236 valence electrons. The summed E-state index contributed by atoms with van der Waals surface area (Å²) in [5, 5.41) is 1.02. The van der Waals surface area contributed by atoms with Gasteiger partial charge in [-0.15, -0.1) is 0 Å². The van der Waals surface area contributed by atoms with Crippen molar-refractivity contribution in [1.82, 2.24) is 24.3 Å². The molecule has 1 saturated heterocycles. The van der Waals surface area contributed by atoms with Gasteiger partial charge >= 0.3 is 0 Å². The van der Waals surface area contributed by atoms with Crippen LogP contribution in [-0.4, -0.2) is 69.3 Å². The molecule has 1 aliphatic rings. The predicted molar refractivity (Wildman–Crippen MR) is 184 cm³/mol. The Morgan fingerprint density at radius 1 is 0.913 bits per heavy atom. The SMILES string of the molecule is CN(C[C@H](CCN1CCC(C(=O)c2nc3ccccc3n2Cc2ccccn2)CC1)c1ccc(Cl)c(Cl)c1)C(=O)c1ccccc1. The molecule has 1 atom stereocenters. The van der Waals surface area contributed by atoms with Crippen molar-refractivity contribution in [2.24, 2.45) is 5.92 Å². The summed E-state index contributed by atoms with van der Waals surface area (Å²) >= 11 is 12.7. The average Bonchev–Trinajstić information content (AvgIpc) is 3.46. The first kappa shape index (κ1) is 31.9. The Labute approximate surface area is 279 Å².